The molecule has 0 radical (unpaired) electrons. The van der Waals surface area contributed by atoms with Gasteiger partial charge in [0.1, 0.15) is 0 Å². The van der Waals surface area contributed by atoms with Crippen LogP contribution in [0.2, 0.25) is 0 Å². The Morgan fingerprint density at radius 2 is 1.70 bits per heavy atom. The number of anilines is 1. The molecule has 0 saturated carbocycles. The molecule has 0 bridgehead atoms. The zero-order chi connectivity index (χ0) is 14.7. The maximum atomic E-state index is 12.3. The van der Waals surface area contributed by atoms with E-state index in [1.165, 1.54) is 0 Å². The molecule has 2 aromatic carbocycles. The van der Waals surface area contributed by atoms with Crippen molar-refractivity contribution >= 4 is 59.4 Å². The van der Waals surface area contributed by atoms with E-state index in [1.54, 1.807) is 6.07 Å². The van der Waals surface area contributed by atoms with Crippen molar-refractivity contribution in [3.05, 3.63) is 60.9 Å². The van der Waals surface area contributed by atoms with E-state index in [0.717, 1.165) is 31.1 Å². The van der Waals surface area contributed by atoms with E-state index < -0.39 is 0 Å². The van der Waals surface area contributed by atoms with Crippen LogP contribution in [0, 0.1) is 0 Å². The fraction of sp³-hybridized carbons (Fsp3) is 0.133. The molecule has 2 nitrogen and oxygen atoms in total. The molecule has 20 heavy (non-hydrogen) atoms. The average molecular weight is 462 g/mol. The Hall–Kier alpha value is -0.650. The topological polar surface area (TPSA) is 29.1 Å². The van der Waals surface area contributed by atoms with Crippen LogP contribution >= 0.6 is 47.8 Å². The summed E-state index contributed by atoms with van der Waals surface area (Å²) >= 11 is 10.2. The van der Waals surface area contributed by atoms with Crippen LogP contribution in [0.15, 0.2) is 49.8 Å². The minimum Gasteiger partial charge on any atom is -0.322 e. The second-order valence-corrected chi connectivity index (χ2v) is 6.92. The summed E-state index contributed by atoms with van der Waals surface area (Å²) in [5, 5.41) is 2.96. The highest BCUT2D eigenvalue weighted by molar-refractivity contribution is 9.11. The SMILES string of the molecule is CCc1cc(Br)ccc1NC(=O)c1ccc(Br)cc1Br. The summed E-state index contributed by atoms with van der Waals surface area (Å²) in [5.41, 5.74) is 2.55. The molecule has 1 N–H and O–H groups in total. The summed E-state index contributed by atoms with van der Waals surface area (Å²) < 4.78 is 2.70. The van der Waals surface area contributed by atoms with Crippen molar-refractivity contribution < 1.29 is 4.79 Å². The van der Waals surface area contributed by atoms with Gasteiger partial charge in [-0.15, -0.1) is 0 Å². The van der Waals surface area contributed by atoms with Crippen LogP contribution in [0.5, 0.6) is 0 Å². The lowest BCUT2D eigenvalue weighted by Crippen LogP contribution is -2.13. The van der Waals surface area contributed by atoms with E-state index in [0.29, 0.717) is 5.56 Å². The Labute approximate surface area is 143 Å². The minimum atomic E-state index is -0.124. The second kappa shape index (κ2) is 6.87. The largest absolute Gasteiger partial charge is 0.322 e. The zero-order valence-electron chi connectivity index (χ0n) is 10.7. The van der Waals surface area contributed by atoms with Crippen LogP contribution in [-0.4, -0.2) is 5.91 Å². The van der Waals surface area contributed by atoms with E-state index in [2.05, 4.69) is 60.0 Å². The maximum absolute atomic E-state index is 12.3. The maximum Gasteiger partial charge on any atom is 0.256 e. The standard InChI is InChI=1S/C15H12Br3NO/c1-2-9-7-10(16)4-6-14(9)19-15(20)12-5-3-11(17)8-13(12)18/h3-8H,2H2,1H3,(H,19,20). The number of amides is 1. The third-order valence-electron chi connectivity index (χ3n) is 2.87. The summed E-state index contributed by atoms with van der Waals surface area (Å²) in [7, 11) is 0. The first-order chi connectivity index (χ1) is 9.51. The monoisotopic (exact) mass is 459 g/mol. The molecule has 5 heteroatoms. The van der Waals surface area contributed by atoms with Crippen LogP contribution in [0.3, 0.4) is 0 Å². The van der Waals surface area contributed by atoms with Gasteiger partial charge in [-0.05, 0) is 64.3 Å². The molecule has 0 unspecified atom stereocenters. The third kappa shape index (κ3) is 3.71. The van der Waals surface area contributed by atoms with Crippen molar-refractivity contribution in [2.24, 2.45) is 0 Å². The molecule has 2 rings (SSSR count). The first-order valence-electron chi connectivity index (χ1n) is 6.06. The van der Waals surface area contributed by atoms with E-state index in [-0.39, 0.29) is 5.91 Å². The lowest BCUT2D eigenvalue weighted by Gasteiger charge is -2.11. The Kier molecular flexibility index (Phi) is 5.41. The molecule has 2 aromatic rings. The molecule has 0 aliphatic rings. The van der Waals surface area contributed by atoms with E-state index in [9.17, 15) is 4.79 Å². The van der Waals surface area contributed by atoms with Crippen LogP contribution in [0.25, 0.3) is 0 Å². The first kappa shape index (κ1) is 15.7. The fourth-order valence-corrected chi connectivity index (χ4v) is 3.48. The molecule has 0 atom stereocenters. The smallest absolute Gasteiger partial charge is 0.256 e. The van der Waals surface area contributed by atoms with Gasteiger partial charge in [-0.3, -0.25) is 4.79 Å². The molecule has 0 saturated heterocycles. The molecule has 0 spiro atoms. The summed E-state index contributed by atoms with van der Waals surface area (Å²) in [6.07, 6.45) is 0.858. The molecular weight excluding hydrogens is 450 g/mol. The summed E-state index contributed by atoms with van der Waals surface area (Å²) in [6.45, 7) is 2.06. The predicted molar refractivity (Wildman–Crippen MR) is 93.3 cm³/mol. The lowest BCUT2D eigenvalue weighted by atomic mass is 10.1. The number of hydrogen-bond acceptors (Lipinski definition) is 1. The Balaban J connectivity index is 2.28. The van der Waals surface area contributed by atoms with Gasteiger partial charge in [0, 0.05) is 19.1 Å². The number of hydrogen-bond donors (Lipinski definition) is 1. The van der Waals surface area contributed by atoms with Gasteiger partial charge in [-0.25, -0.2) is 0 Å². The quantitative estimate of drug-likeness (QED) is 0.616. The van der Waals surface area contributed by atoms with Crippen molar-refractivity contribution in [3.8, 4) is 0 Å². The normalized spacial score (nSPS) is 10.4. The average Bonchev–Trinajstić information content (AvgIpc) is 2.40. The van der Waals surface area contributed by atoms with Gasteiger partial charge in [0.25, 0.3) is 5.91 Å². The lowest BCUT2D eigenvalue weighted by molar-refractivity contribution is 0.102. The highest BCUT2D eigenvalue weighted by Crippen LogP contribution is 2.25. The highest BCUT2D eigenvalue weighted by Gasteiger charge is 2.12. The third-order valence-corrected chi connectivity index (χ3v) is 4.51. The molecule has 1 amide bonds. The zero-order valence-corrected chi connectivity index (χ0v) is 15.5. The van der Waals surface area contributed by atoms with Gasteiger partial charge in [0.2, 0.25) is 0 Å². The highest BCUT2D eigenvalue weighted by atomic mass is 79.9. The van der Waals surface area contributed by atoms with E-state index in [4.69, 9.17) is 0 Å². The van der Waals surface area contributed by atoms with Crippen LogP contribution in [0.1, 0.15) is 22.8 Å². The van der Waals surface area contributed by atoms with Crippen LogP contribution in [-0.2, 0) is 6.42 Å². The predicted octanol–water partition coefficient (Wildman–Crippen LogP) is 5.79. The summed E-state index contributed by atoms with van der Waals surface area (Å²) in [5.74, 6) is -0.124. The van der Waals surface area contributed by atoms with Gasteiger partial charge < -0.3 is 5.32 Å². The van der Waals surface area contributed by atoms with E-state index in [1.807, 2.05) is 30.3 Å². The Morgan fingerprint density at radius 1 is 1.05 bits per heavy atom. The molecule has 0 fully saturated rings. The molecule has 0 aliphatic carbocycles. The number of carbonyl (C=O) groups excluding carboxylic acids is 1. The Bertz CT molecular complexity index is 656. The molecule has 0 aliphatic heterocycles. The Morgan fingerprint density at radius 3 is 2.35 bits per heavy atom. The van der Waals surface area contributed by atoms with Crippen molar-refractivity contribution in [2.45, 2.75) is 13.3 Å². The second-order valence-electron chi connectivity index (χ2n) is 4.23. The van der Waals surface area contributed by atoms with Gasteiger partial charge in [-0.1, -0.05) is 38.8 Å². The molecular formula is C15H12Br3NO. The number of rotatable bonds is 3. The number of aryl methyl sites for hydroxylation is 1. The van der Waals surface area contributed by atoms with Crippen molar-refractivity contribution in [3.63, 3.8) is 0 Å². The number of carbonyl (C=O) groups is 1. The van der Waals surface area contributed by atoms with Gasteiger partial charge in [-0.2, -0.15) is 0 Å². The number of nitrogens with one attached hydrogen (secondary N) is 1. The number of benzene rings is 2. The summed E-state index contributed by atoms with van der Waals surface area (Å²) in [6, 6.07) is 11.3. The van der Waals surface area contributed by atoms with Crippen molar-refractivity contribution in [1.29, 1.82) is 0 Å². The first-order valence-corrected chi connectivity index (χ1v) is 8.44. The van der Waals surface area contributed by atoms with Gasteiger partial charge >= 0.3 is 0 Å². The summed E-state index contributed by atoms with van der Waals surface area (Å²) in [4.78, 5) is 12.3. The minimum absolute atomic E-state index is 0.124. The van der Waals surface area contributed by atoms with Crippen LogP contribution in [0.4, 0.5) is 5.69 Å². The molecule has 0 aromatic heterocycles. The van der Waals surface area contributed by atoms with Crippen LogP contribution < -0.4 is 5.32 Å². The molecule has 104 valence electrons. The van der Waals surface area contributed by atoms with E-state index >= 15 is 0 Å². The van der Waals surface area contributed by atoms with Gasteiger partial charge in [0.05, 0.1) is 5.56 Å². The number of halogens is 3. The molecule has 0 heterocycles. The fourth-order valence-electron chi connectivity index (χ4n) is 1.84. The van der Waals surface area contributed by atoms with Crippen molar-refractivity contribution in [2.75, 3.05) is 5.32 Å². The van der Waals surface area contributed by atoms with Crippen molar-refractivity contribution in [1.82, 2.24) is 0 Å². The van der Waals surface area contributed by atoms with Gasteiger partial charge in [0.15, 0.2) is 0 Å².